The first-order chi connectivity index (χ1) is 16.0. The van der Waals surface area contributed by atoms with Gasteiger partial charge in [0.15, 0.2) is 11.5 Å². The summed E-state index contributed by atoms with van der Waals surface area (Å²) >= 11 is 1.43. The first kappa shape index (κ1) is 22.3. The molecule has 0 aliphatic carbocycles. The molecule has 2 aromatic heterocycles. The molecular weight excluding hydrogens is 442 g/mol. The molecular formula is C24H23N3O5S. The minimum absolute atomic E-state index is 0.229. The number of ketones is 1. The highest BCUT2D eigenvalue weighted by Crippen LogP contribution is 2.38. The van der Waals surface area contributed by atoms with E-state index in [4.69, 9.17) is 18.9 Å². The van der Waals surface area contributed by atoms with Crippen molar-refractivity contribution in [3.05, 3.63) is 58.7 Å². The molecule has 0 saturated heterocycles. The first-order valence-electron chi connectivity index (χ1n) is 10.0. The Morgan fingerprint density at radius 2 is 1.64 bits per heavy atom. The highest BCUT2D eigenvalue weighted by Gasteiger charge is 2.22. The van der Waals surface area contributed by atoms with Crippen molar-refractivity contribution in [3.63, 3.8) is 0 Å². The van der Waals surface area contributed by atoms with Gasteiger partial charge in [0.2, 0.25) is 16.5 Å². The number of fused-ring (bicyclic) bond motifs is 1. The molecule has 170 valence electrons. The summed E-state index contributed by atoms with van der Waals surface area (Å²) in [7, 11) is 6.24. The smallest absolute Gasteiger partial charge is 0.213 e. The lowest BCUT2D eigenvalue weighted by Gasteiger charge is -2.12. The number of aromatic nitrogens is 3. The number of imidazole rings is 1. The van der Waals surface area contributed by atoms with Gasteiger partial charge < -0.3 is 18.9 Å². The number of rotatable bonds is 8. The van der Waals surface area contributed by atoms with Gasteiger partial charge in [0, 0.05) is 5.56 Å². The molecule has 2 aromatic carbocycles. The second kappa shape index (κ2) is 9.33. The van der Waals surface area contributed by atoms with Crippen LogP contribution in [0, 0.1) is 6.92 Å². The molecule has 0 N–H and O–H groups in total. The van der Waals surface area contributed by atoms with Crippen LogP contribution in [0.2, 0.25) is 0 Å². The zero-order valence-corrected chi connectivity index (χ0v) is 19.7. The maximum atomic E-state index is 13.4. The van der Waals surface area contributed by atoms with Gasteiger partial charge in [0.1, 0.15) is 22.1 Å². The van der Waals surface area contributed by atoms with Crippen LogP contribution in [0.25, 0.3) is 22.3 Å². The van der Waals surface area contributed by atoms with Crippen LogP contribution in [-0.2, 0) is 0 Å². The van der Waals surface area contributed by atoms with Crippen molar-refractivity contribution in [2.24, 2.45) is 0 Å². The third kappa shape index (κ3) is 4.27. The quantitative estimate of drug-likeness (QED) is 0.276. The Bertz CT molecular complexity index is 1310. The lowest BCUT2D eigenvalue weighted by molar-refractivity contribution is 0.104. The van der Waals surface area contributed by atoms with E-state index in [-0.39, 0.29) is 5.78 Å². The summed E-state index contributed by atoms with van der Waals surface area (Å²) < 4.78 is 23.0. The van der Waals surface area contributed by atoms with Crippen molar-refractivity contribution in [2.45, 2.75) is 6.92 Å². The summed E-state index contributed by atoms with van der Waals surface area (Å²) in [6, 6.07) is 11.0. The molecule has 9 heteroatoms. The van der Waals surface area contributed by atoms with Crippen LogP contribution in [0.3, 0.4) is 0 Å². The standard InChI is InChI=1S/C24H23N3O5S/c1-14-26-27-22(21(25-24(27)33-14)16-7-9-17(29-2)10-8-16)18(28)11-6-15-12-19(30-3)23(32-5)20(13-15)31-4/h6-13H,1-5H3/b11-6+. The van der Waals surface area contributed by atoms with Crippen LogP contribution in [0.5, 0.6) is 23.0 Å². The van der Waals surface area contributed by atoms with Crippen LogP contribution < -0.4 is 18.9 Å². The Balaban J connectivity index is 1.76. The molecule has 0 unspecified atom stereocenters. The van der Waals surface area contributed by atoms with E-state index in [9.17, 15) is 4.79 Å². The number of benzene rings is 2. The summed E-state index contributed by atoms with van der Waals surface area (Å²) in [5, 5.41) is 5.30. The van der Waals surface area contributed by atoms with Crippen LogP contribution in [0.15, 0.2) is 42.5 Å². The van der Waals surface area contributed by atoms with E-state index < -0.39 is 0 Å². The molecule has 0 amide bonds. The number of allylic oxidation sites excluding steroid dienone is 1. The van der Waals surface area contributed by atoms with Gasteiger partial charge >= 0.3 is 0 Å². The monoisotopic (exact) mass is 465 g/mol. The number of carbonyl (C=O) groups excluding carboxylic acids is 1. The number of aryl methyl sites for hydroxylation is 1. The molecule has 0 radical (unpaired) electrons. The summed E-state index contributed by atoms with van der Waals surface area (Å²) in [6.07, 6.45) is 3.19. The van der Waals surface area contributed by atoms with Crippen molar-refractivity contribution < 1.29 is 23.7 Å². The molecule has 8 nitrogen and oxygen atoms in total. The summed E-state index contributed by atoms with van der Waals surface area (Å²) in [4.78, 5) is 18.7. The van der Waals surface area contributed by atoms with Crippen molar-refractivity contribution in [2.75, 3.05) is 28.4 Å². The zero-order valence-electron chi connectivity index (χ0n) is 18.9. The second-order valence-corrected chi connectivity index (χ2v) is 8.17. The molecule has 0 saturated carbocycles. The predicted octanol–water partition coefficient (Wildman–Crippen LogP) is 4.70. The van der Waals surface area contributed by atoms with Crippen molar-refractivity contribution in [1.82, 2.24) is 14.6 Å². The first-order valence-corrected chi connectivity index (χ1v) is 10.8. The average Bonchev–Trinajstić information content (AvgIpc) is 3.37. The topological polar surface area (TPSA) is 84.2 Å². The van der Waals surface area contributed by atoms with E-state index in [0.29, 0.717) is 33.6 Å². The fraction of sp³-hybridized carbons (Fsp3) is 0.208. The molecule has 0 fully saturated rings. The van der Waals surface area contributed by atoms with E-state index in [2.05, 4.69) is 10.1 Å². The second-order valence-electron chi connectivity index (χ2n) is 7.01. The largest absolute Gasteiger partial charge is 0.497 e. The molecule has 0 atom stereocenters. The Labute approximate surface area is 195 Å². The average molecular weight is 466 g/mol. The molecule has 4 rings (SSSR count). The third-order valence-electron chi connectivity index (χ3n) is 5.02. The SMILES string of the molecule is COc1ccc(-c2nc3sc(C)nn3c2C(=O)/C=C/c2cc(OC)c(OC)c(OC)c2)cc1. The number of hydrogen-bond acceptors (Lipinski definition) is 8. The van der Waals surface area contributed by atoms with Crippen molar-refractivity contribution in [1.29, 1.82) is 0 Å². The summed E-state index contributed by atoms with van der Waals surface area (Å²) in [6.45, 7) is 1.88. The Hall–Kier alpha value is -3.85. The van der Waals surface area contributed by atoms with Gasteiger partial charge in [-0.05, 0) is 55.0 Å². The highest BCUT2D eigenvalue weighted by molar-refractivity contribution is 7.16. The third-order valence-corrected chi connectivity index (χ3v) is 5.84. The number of ether oxygens (including phenoxy) is 4. The number of hydrogen-bond donors (Lipinski definition) is 0. The molecule has 0 bridgehead atoms. The van der Waals surface area contributed by atoms with Gasteiger partial charge in [-0.2, -0.15) is 9.61 Å². The van der Waals surface area contributed by atoms with Gasteiger partial charge in [0.25, 0.3) is 0 Å². The molecule has 0 aliphatic heterocycles. The molecule has 33 heavy (non-hydrogen) atoms. The Morgan fingerprint density at radius 1 is 0.970 bits per heavy atom. The molecule has 0 aliphatic rings. The molecule has 4 aromatic rings. The van der Waals surface area contributed by atoms with Gasteiger partial charge in [-0.15, -0.1) is 0 Å². The van der Waals surface area contributed by atoms with E-state index in [1.807, 2.05) is 31.2 Å². The lowest BCUT2D eigenvalue weighted by atomic mass is 10.1. The molecule has 0 spiro atoms. The highest BCUT2D eigenvalue weighted by atomic mass is 32.1. The Kier molecular flexibility index (Phi) is 6.32. The summed E-state index contributed by atoms with van der Waals surface area (Å²) in [5.74, 6) is 1.99. The van der Waals surface area contributed by atoms with Gasteiger partial charge in [0.05, 0.1) is 28.4 Å². The summed E-state index contributed by atoms with van der Waals surface area (Å²) in [5.41, 5.74) is 2.48. The van der Waals surface area contributed by atoms with E-state index in [1.165, 1.54) is 17.4 Å². The van der Waals surface area contributed by atoms with Crippen LogP contribution in [0.4, 0.5) is 0 Å². The zero-order chi connectivity index (χ0) is 23.5. The fourth-order valence-corrected chi connectivity index (χ4v) is 4.21. The van der Waals surface area contributed by atoms with Crippen molar-refractivity contribution >= 4 is 28.2 Å². The van der Waals surface area contributed by atoms with Crippen LogP contribution in [0.1, 0.15) is 21.1 Å². The van der Waals surface area contributed by atoms with Crippen LogP contribution in [-0.4, -0.2) is 48.8 Å². The molecule has 2 heterocycles. The maximum Gasteiger partial charge on any atom is 0.213 e. The van der Waals surface area contributed by atoms with Gasteiger partial charge in [-0.3, -0.25) is 4.79 Å². The minimum Gasteiger partial charge on any atom is -0.497 e. The van der Waals surface area contributed by atoms with Gasteiger partial charge in [-0.25, -0.2) is 4.98 Å². The predicted molar refractivity (Wildman–Crippen MR) is 127 cm³/mol. The van der Waals surface area contributed by atoms with Crippen molar-refractivity contribution in [3.8, 4) is 34.3 Å². The van der Waals surface area contributed by atoms with E-state index >= 15 is 0 Å². The van der Waals surface area contributed by atoms with Gasteiger partial charge in [-0.1, -0.05) is 17.4 Å². The van der Waals surface area contributed by atoms with E-state index in [1.54, 1.807) is 51.2 Å². The maximum absolute atomic E-state index is 13.4. The number of methoxy groups -OCH3 is 4. The van der Waals surface area contributed by atoms with Crippen LogP contribution >= 0.6 is 11.3 Å². The normalized spacial score (nSPS) is 11.2. The number of carbonyl (C=O) groups is 1. The lowest BCUT2D eigenvalue weighted by Crippen LogP contribution is -2.03. The minimum atomic E-state index is -0.229. The number of nitrogens with zero attached hydrogens (tertiary/aromatic N) is 3. The Morgan fingerprint density at radius 3 is 2.21 bits per heavy atom. The van der Waals surface area contributed by atoms with E-state index in [0.717, 1.165) is 21.9 Å². The fourth-order valence-electron chi connectivity index (χ4n) is 3.46.